The van der Waals surface area contributed by atoms with Crippen molar-refractivity contribution in [3.8, 4) is 0 Å². The molecule has 2 atom stereocenters. The van der Waals surface area contributed by atoms with Crippen LogP contribution in [0, 0.1) is 0 Å². The van der Waals surface area contributed by atoms with Crippen LogP contribution in [0.2, 0.25) is 5.02 Å². The molecule has 4 nitrogen and oxygen atoms in total. The summed E-state index contributed by atoms with van der Waals surface area (Å²) in [4.78, 5) is 6.72. The van der Waals surface area contributed by atoms with Crippen LogP contribution >= 0.6 is 11.6 Å². The van der Waals surface area contributed by atoms with Gasteiger partial charge in [-0.05, 0) is 30.2 Å². The van der Waals surface area contributed by atoms with E-state index in [0.29, 0.717) is 5.02 Å². The van der Waals surface area contributed by atoms with Crippen LogP contribution in [0.5, 0.6) is 0 Å². The maximum Gasteiger partial charge on any atom is 0.0747 e. The molecule has 2 aromatic rings. The van der Waals surface area contributed by atoms with Gasteiger partial charge in [0.1, 0.15) is 0 Å². The Morgan fingerprint density at radius 1 is 1.48 bits per heavy atom. The third kappa shape index (κ3) is 3.04. The van der Waals surface area contributed by atoms with E-state index in [1.54, 1.807) is 13.3 Å². The SMILES string of the molecule is CO[C@@H]1C[C@@H](CO)N(Cc2cc(Cl)cc3cccnc23)C1. The van der Waals surface area contributed by atoms with Crippen molar-refractivity contribution in [2.24, 2.45) is 0 Å². The van der Waals surface area contributed by atoms with E-state index in [4.69, 9.17) is 16.3 Å². The molecule has 3 rings (SSSR count). The van der Waals surface area contributed by atoms with Gasteiger partial charge in [0.05, 0.1) is 18.2 Å². The maximum absolute atomic E-state index is 9.56. The Hall–Kier alpha value is -1.20. The van der Waals surface area contributed by atoms with Crippen LogP contribution in [-0.4, -0.2) is 47.4 Å². The van der Waals surface area contributed by atoms with Crippen molar-refractivity contribution in [1.29, 1.82) is 0 Å². The van der Waals surface area contributed by atoms with Crippen molar-refractivity contribution in [3.63, 3.8) is 0 Å². The highest BCUT2D eigenvalue weighted by Crippen LogP contribution is 2.27. The number of hydrogen-bond acceptors (Lipinski definition) is 4. The highest BCUT2D eigenvalue weighted by atomic mass is 35.5. The summed E-state index contributed by atoms with van der Waals surface area (Å²) in [5, 5.41) is 11.3. The summed E-state index contributed by atoms with van der Waals surface area (Å²) in [5.41, 5.74) is 2.06. The molecule has 0 radical (unpaired) electrons. The monoisotopic (exact) mass is 306 g/mol. The second-order valence-corrected chi connectivity index (χ2v) is 5.94. The van der Waals surface area contributed by atoms with Gasteiger partial charge in [-0.15, -0.1) is 0 Å². The third-order valence-corrected chi connectivity index (χ3v) is 4.37. The van der Waals surface area contributed by atoms with Crippen LogP contribution < -0.4 is 0 Å². The summed E-state index contributed by atoms with van der Waals surface area (Å²) in [6.45, 7) is 1.69. The third-order valence-electron chi connectivity index (χ3n) is 4.16. The molecule has 21 heavy (non-hydrogen) atoms. The largest absolute Gasteiger partial charge is 0.395 e. The fourth-order valence-corrected chi connectivity index (χ4v) is 3.31. The molecule has 1 fully saturated rings. The van der Waals surface area contributed by atoms with Gasteiger partial charge in [0.2, 0.25) is 0 Å². The Bertz CT molecular complexity index is 635. The van der Waals surface area contributed by atoms with Gasteiger partial charge in [-0.3, -0.25) is 9.88 Å². The number of likely N-dealkylation sites (tertiary alicyclic amines) is 1. The number of halogens is 1. The van der Waals surface area contributed by atoms with Crippen LogP contribution in [-0.2, 0) is 11.3 Å². The lowest BCUT2D eigenvalue weighted by Gasteiger charge is -2.23. The molecule has 1 aromatic heterocycles. The van der Waals surface area contributed by atoms with E-state index >= 15 is 0 Å². The normalized spacial score (nSPS) is 23.0. The van der Waals surface area contributed by atoms with Crippen molar-refractivity contribution in [3.05, 3.63) is 41.0 Å². The topological polar surface area (TPSA) is 45.6 Å². The first-order valence-electron chi connectivity index (χ1n) is 7.12. The second kappa shape index (κ2) is 6.28. The average molecular weight is 307 g/mol. The number of fused-ring (bicyclic) bond motifs is 1. The molecule has 0 amide bonds. The Morgan fingerprint density at radius 2 is 2.33 bits per heavy atom. The molecular weight excluding hydrogens is 288 g/mol. The molecule has 0 unspecified atom stereocenters. The number of rotatable bonds is 4. The molecular formula is C16H19ClN2O2. The van der Waals surface area contributed by atoms with Crippen molar-refractivity contribution in [2.75, 3.05) is 20.3 Å². The summed E-state index contributed by atoms with van der Waals surface area (Å²) in [5.74, 6) is 0. The minimum atomic E-state index is 0.132. The zero-order valence-electron chi connectivity index (χ0n) is 12.0. The molecule has 0 spiro atoms. The number of hydrogen-bond donors (Lipinski definition) is 1. The fourth-order valence-electron chi connectivity index (χ4n) is 3.06. The fraction of sp³-hybridized carbons (Fsp3) is 0.438. The van der Waals surface area contributed by atoms with Crippen molar-refractivity contribution >= 4 is 22.5 Å². The predicted octanol–water partition coefficient (Wildman–Crippen LogP) is 2.47. The van der Waals surface area contributed by atoms with E-state index in [-0.39, 0.29) is 18.8 Å². The number of nitrogens with zero attached hydrogens (tertiary/aromatic N) is 2. The highest BCUT2D eigenvalue weighted by Gasteiger charge is 2.31. The number of aliphatic hydroxyl groups is 1. The summed E-state index contributed by atoms with van der Waals surface area (Å²) in [6.07, 6.45) is 2.84. The lowest BCUT2D eigenvalue weighted by Crippen LogP contribution is -2.32. The van der Waals surface area contributed by atoms with Gasteiger partial charge in [-0.25, -0.2) is 0 Å². The van der Waals surface area contributed by atoms with Gasteiger partial charge in [0.15, 0.2) is 0 Å². The smallest absolute Gasteiger partial charge is 0.0747 e. The molecule has 1 N–H and O–H groups in total. The van der Waals surface area contributed by atoms with Crippen LogP contribution in [0.1, 0.15) is 12.0 Å². The van der Waals surface area contributed by atoms with Gasteiger partial charge < -0.3 is 9.84 Å². The van der Waals surface area contributed by atoms with Gasteiger partial charge in [0, 0.05) is 42.8 Å². The molecule has 0 bridgehead atoms. The van der Waals surface area contributed by atoms with E-state index < -0.39 is 0 Å². The number of aromatic nitrogens is 1. The van der Waals surface area contributed by atoms with Crippen LogP contribution in [0.15, 0.2) is 30.5 Å². The van der Waals surface area contributed by atoms with Gasteiger partial charge in [-0.2, -0.15) is 0 Å². The van der Waals surface area contributed by atoms with E-state index in [1.807, 2.05) is 24.3 Å². The van der Waals surface area contributed by atoms with E-state index in [0.717, 1.165) is 36.0 Å². The highest BCUT2D eigenvalue weighted by molar-refractivity contribution is 6.31. The number of ether oxygens (including phenoxy) is 1. The molecule has 1 aliphatic heterocycles. The molecule has 1 saturated heterocycles. The van der Waals surface area contributed by atoms with E-state index in [2.05, 4.69) is 9.88 Å². The molecule has 1 aliphatic rings. The zero-order chi connectivity index (χ0) is 14.8. The first-order chi connectivity index (χ1) is 10.2. The Balaban J connectivity index is 1.91. The Morgan fingerprint density at radius 3 is 3.10 bits per heavy atom. The lowest BCUT2D eigenvalue weighted by atomic mass is 10.1. The Labute approximate surface area is 129 Å². The van der Waals surface area contributed by atoms with Crippen molar-refractivity contribution < 1.29 is 9.84 Å². The number of methoxy groups -OCH3 is 1. The van der Waals surface area contributed by atoms with Crippen molar-refractivity contribution in [2.45, 2.75) is 25.1 Å². The maximum atomic E-state index is 9.56. The van der Waals surface area contributed by atoms with Crippen molar-refractivity contribution in [1.82, 2.24) is 9.88 Å². The number of pyridine rings is 1. The first-order valence-corrected chi connectivity index (χ1v) is 7.50. The summed E-state index contributed by atoms with van der Waals surface area (Å²) < 4.78 is 5.43. The minimum Gasteiger partial charge on any atom is -0.395 e. The van der Waals surface area contributed by atoms with Gasteiger partial charge in [0.25, 0.3) is 0 Å². The van der Waals surface area contributed by atoms with E-state index in [9.17, 15) is 5.11 Å². The predicted molar refractivity (Wildman–Crippen MR) is 83.5 cm³/mol. The number of aliphatic hydroxyl groups excluding tert-OH is 1. The standard InChI is InChI=1S/C16H19ClN2O2/c1-21-15-7-14(10-20)19(9-15)8-12-6-13(17)5-11-3-2-4-18-16(11)12/h2-6,14-15,20H,7-10H2,1H3/t14-,15+/m0/s1. The molecule has 0 saturated carbocycles. The number of benzene rings is 1. The molecule has 5 heteroatoms. The molecule has 1 aromatic carbocycles. The van der Waals surface area contributed by atoms with Crippen LogP contribution in [0.25, 0.3) is 10.9 Å². The summed E-state index contributed by atoms with van der Waals surface area (Å²) >= 11 is 6.22. The lowest BCUT2D eigenvalue weighted by molar-refractivity contribution is 0.107. The Kier molecular flexibility index (Phi) is 4.40. The summed E-state index contributed by atoms with van der Waals surface area (Å²) in [6, 6.07) is 7.95. The molecule has 112 valence electrons. The summed E-state index contributed by atoms with van der Waals surface area (Å²) in [7, 11) is 1.72. The van der Waals surface area contributed by atoms with Gasteiger partial charge in [-0.1, -0.05) is 17.7 Å². The van der Waals surface area contributed by atoms with Gasteiger partial charge >= 0.3 is 0 Å². The average Bonchev–Trinajstić information content (AvgIpc) is 2.89. The zero-order valence-corrected chi connectivity index (χ0v) is 12.8. The minimum absolute atomic E-state index is 0.132. The van der Waals surface area contributed by atoms with Crippen LogP contribution in [0.3, 0.4) is 0 Å². The second-order valence-electron chi connectivity index (χ2n) is 5.50. The quantitative estimate of drug-likeness (QED) is 0.942. The van der Waals surface area contributed by atoms with Crippen LogP contribution in [0.4, 0.5) is 0 Å². The molecule has 0 aliphatic carbocycles. The first kappa shape index (κ1) is 14.7. The molecule has 2 heterocycles. The van der Waals surface area contributed by atoms with E-state index in [1.165, 1.54) is 0 Å².